The summed E-state index contributed by atoms with van der Waals surface area (Å²) >= 11 is 0. The maximum Gasteiger partial charge on any atom is 0.343 e. The zero-order chi connectivity index (χ0) is 20.7. The third-order valence-electron chi connectivity index (χ3n) is 7.00. The molecular weight excluding hydrogens is 380 g/mol. The topological polar surface area (TPSA) is 61.8 Å². The summed E-state index contributed by atoms with van der Waals surface area (Å²) in [7, 11) is 0. The van der Waals surface area contributed by atoms with Crippen LogP contribution in [-0.4, -0.2) is 23.8 Å². The van der Waals surface area contributed by atoms with Gasteiger partial charge in [-0.05, 0) is 43.7 Å². The minimum atomic E-state index is -1.33. The predicted molar refractivity (Wildman–Crippen MR) is 109 cm³/mol. The summed E-state index contributed by atoms with van der Waals surface area (Å²) < 4.78 is 17.5. The van der Waals surface area contributed by atoms with E-state index in [9.17, 15) is 9.59 Å². The highest BCUT2D eigenvalue weighted by molar-refractivity contribution is 6.03. The molecule has 6 rings (SSSR count). The second kappa shape index (κ2) is 7.68. The van der Waals surface area contributed by atoms with Gasteiger partial charge in [-0.3, -0.25) is 4.79 Å². The highest BCUT2D eigenvalue weighted by Gasteiger charge is 2.60. The van der Waals surface area contributed by atoms with E-state index in [1.54, 1.807) is 19.1 Å². The fourth-order valence-corrected chi connectivity index (χ4v) is 5.59. The predicted octanol–water partition coefficient (Wildman–Crippen LogP) is 4.38. The molecule has 0 aromatic heterocycles. The van der Waals surface area contributed by atoms with Crippen molar-refractivity contribution < 1.29 is 23.8 Å². The molecule has 3 aliphatic heterocycles. The lowest BCUT2D eigenvalue weighted by molar-refractivity contribution is -0.432. The van der Waals surface area contributed by atoms with E-state index in [0.29, 0.717) is 35.2 Å². The molecule has 5 fully saturated rings. The second-order valence-electron chi connectivity index (χ2n) is 8.77. The van der Waals surface area contributed by atoms with Crippen molar-refractivity contribution in [3.05, 3.63) is 47.2 Å². The number of hydrogen-bond donors (Lipinski definition) is 0. The van der Waals surface area contributed by atoms with Gasteiger partial charge in [-0.25, -0.2) is 4.79 Å². The number of carbonyl (C=O) groups excluding carboxylic acids is 2. The van der Waals surface area contributed by atoms with E-state index in [-0.39, 0.29) is 18.1 Å². The Balaban J connectivity index is 1.48. The van der Waals surface area contributed by atoms with Crippen molar-refractivity contribution in [2.45, 2.75) is 63.9 Å². The van der Waals surface area contributed by atoms with Crippen LogP contribution < -0.4 is 0 Å². The van der Waals surface area contributed by atoms with E-state index in [1.165, 1.54) is 19.3 Å². The van der Waals surface area contributed by atoms with E-state index in [0.717, 1.165) is 12.8 Å². The number of esters is 1. The van der Waals surface area contributed by atoms with Crippen LogP contribution in [0.1, 0.15) is 62.2 Å². The van der Waals surface area contributed by atoms with Crippen molar-refractivity contribution >= 4 is 11.8 Å². The van der Waals surface area contributed by atoms with Crippen LogP contribution in [0.2, 0.25) is 0 Å². The summed E-state index contributed by atoms with van der Waals surface area (Å²) in [6, 6.07) is 8.95. The number of ether oxygens (including phenoxy) is 3. The molecule has 1 aromatic carbocycles. The Morgan fingerprint density at radius 1 is 1.17 bits per heavy atom. The molecule has 3 heterocycles. The van der Waals surface area contributed by atoms with Crippen molar-refractivity contribution in [2.75, 3.05) is 0 Å². The Morgan fingerprint density at radius 2 is 1.87 bits per heavy atom. The van der Waals surface area contributed by atoms with Crippen LogP contribution in [0.4, 0.5) is 0 Å². The molecule has 30 heavy (non-hydrogen) atoms. The van der Waals surface area contributed by atoms with Gasteiger partial charge >= 0.3 is 5.97 Å². The molecule has 3 saturated heterocycles. The first-order valence-corrected chi connectivity index (χ1v) is 10.9. The molecule has 0 radical (unpaired) electrons. The van der Waals surface area contributed by atoms with E-state index in [4.69, 9.17) is 14.2 Å². The zero-order valence-corrected chi connectivity index (χ0v) is 17.2. The molecular formula is C25H26O5. The molecule has 156 valence electrons. The fourth-order valence-electron chi connectivity index (χ4n) is 5.59. The quantitative estimate of drug-likeness (QED) is 0.321. The molecule has 0 N–H and O–H groups in total. The van der Waals surface area contributed by atoms with Crippen LogP contribution in [0.25, 0.3) is 0 Å². The summed E-state index contributed by atoms with van der Waals surface area (Å²) in [6.45, 7) is 1.72. The van der Waals surface area contributed by atoms with Gasteiger partial charge in [0, 0.05) is 17.9 Å². The summed E-state index contributed by atoms with van der Waals surface area (Å²) in [6.07, 6.45) is 5.74. The van der Waals surface area contributed by atoms with Crippen LogP contribution in [0.5, 0.6) is 0 Å². The average molecular weight is 406 g/mol. The van der Waals surface area contributed by atoms with Gasteiger partial charge in [-0.15, -0.1) is 5.92 Å². The Morgan fingerprint density at radius 3 is 2.53 bits per heavy atom. The van der Waals surface area contributed by atoms with E-state index < -0.39 is 18.0 Å². The van der Waals surface area contributed by atoms with Crippen LogP contribution >= 0.6 is 0 Å². The van der Waals surface area contributed by atoms with Gasteiger partial charge in [-0.1, -0.05) is 43.4 Å². The van der Waals surface area contributed by atoms with Crippen LogP contribution in [0.15, 0.2) is 41.7 Å². The number of Topliss-reactive ketones (excluding diaryl/α,β-unsaturated/α-hetero) is 1. The molecule has 5 nitrogen and oxygen atoms in total. The minimum Gasteiger partial charge on any atom is -0.427 e. The van der Waals surface area contributed by atoms with Gasteiger partial charge in [0.2, 0.25) is 11.6 Å². The highest BCUT2D eigenvalue weighted by Crippen LogP contribution is 2.52. The Bertz CT molecular complexity index is 933. The maximum absolute atomic E-state index is 13.4. The minimum absolute atomic E-state index is 0.0960. The number of rotatable bonds is 4. The van der Waals surface area contributed by atoms with Gasteiger partial charge in [0.05, 0.1) is 12.0 Å². The lowest BCUT2D eigenvalue weighted by Gasteiger charge is -2.50. The molecule has 2 unspecified atom stereocenters. The normalized spacial score (nSPS) is 35.7. The standard InChI is InChI=1S/C25H26O5/c1-2-3-12-25-23(26)20(15-21(29-25)30-25)22(19-13-17-10-7-11-18(17)14-19)28-24(27)16-8-5-4-6-9-16/h4-6,8-9,17-19,21H,7,10-15H2,1H3/b22-20+. The molecule has 5 heteroatoms. The summed E-state index contributed by atoms with van der Waals surface area (Å²) in [5.41, 5.74) is 1.05. The second-order valence-corrected chi connectivity index (χ2v) is 8.77. The molecule has 2 aliphatic carbocycles. The first-order valence-electron chi connectivity index (χ1n) is 10.9. The Hall–Kier alpha value is -2.42. The molecule has 1 aromatic rings. The summed E-state index contributed by atoms with van der Waals surface area (Å²) in [5.74, 6) is 5.71. The van der Waals surface area contributed by atoms with Crippen molar-refractivity contribution in [2.24, 2.45) is 17.8 Å². The molecule has 2 bridgehead atoms. The van der Waals surface area contributed by atoms with Crippen molar-refractivity contribution in [1.82, 2.24) is 0 Å². The largest absolute Gasteiger partial charge is 0.427 e. The third-order valence-corrected chi connectivity index (χ3v) is 7.00. The smallest absolute Gasteiger partial charge is 0.343 e. The number of allylic oxidation sites excluding steroid dienone is 1. The van der Waals surface area contributed by atoms with Gasteiger partial charge in [0.15, 0.2) is 6.29 Å². The van der Waals surface area contributed by atoms with Gasteiger partial charge < -0.3 is 14.2 Å². The van der Waals surface area contributed by atoms with Gasteiger partial charge in [0.25, 0.3) is 0 Å². The summed E-state index contributed by atoms with van der Waals surface area (Å²) in [4.78, 5) is 26.3. The lowest BCUT2D eigenvalue weighted by atomic mass is 9.86. The monoisotopic (exact) mass is 406 g/mol. The fraction of sp³-hybridized carbons (Fsp3) is 0.520. The van der Waals surface area contributed by atoms with E-state index >= 15 is 0 Å². The number of benzene rings is 1. The van der Waals surface area contributed by atoms with E-state index in [2.05, 4.69) is 11.8 Å². The average Bonchev–Trinajstić information content (AvgIpc) is 3.33. The molecule has 0 amide bonds. The number of ketones is 1. The molecule has 5 aliphatic rings. The number of carbonyl (C=O) groups is 2. The van der Waals surface area contributed by atoms with Crippen molar-refractivity contribution in [1.29, 1.82) is 0 Å². The third kappa shape index (κ3) is 3.29. The van der Waals surface area contributed by atoms with Crippen LogP contribution in [-0.2, 0) is 19.0 Å². The molecule has 0 spiro atoms. The lowest BCUT2D eigenvalue weighted by Crippen LogP contribution is -2.63. The van der Waals surface area contributed by atoms with Crippen LogP contribution in [0, 0.1) is 29.6 Å². The maximum atomic E-state index is 13.4. The first kappa shape index (κ1) is 19.5. The first-order chi connectivity index (χ1) is 14.6. The van der Waals surface area contributed by atoms with Gasteiger partial charge in [-0.2, -0.15) is 0 Å². The van der Waals surface area contributed by atoms with Gasteiger partial charge in [0.1, 0.15) is 5.76 Å². The highest BCUT2D eigenvalue weighted by atomic mass is 16.9. The Kier molecular flexibility index (Phi) is 5.00. The van der Waals surface area contributed by atoms with Crippen molar-refractivity contribution in [3.8, 4) is 11.8 Å². The SMILES string of the molecule is CC#CCC12OC(C/C(=C(\OC(=O)c3ccccc3)C3CC4CCCC4C3)C1=O)O2. The number of hydrogen-bond acceptors (Lipinski definition) is 5. The number of fused-ring (bicyclic) bond motifs is 3. The summed E-state index contributed by atoms with van der Waals surface area (Å²) in [5, 5.41) is 0. The van der Waals surface area contributed by atoms with Crippen molar-refractivity contribution in [3.63, 3.8) is 0 Å². The molecule has 2 atom stereocenters. The van der Waals surface area contributed by atoms with Crippen LogP contribution in [0.3, 0.4) is 0 Å². The Labute approximate surface area is 176 Å². The zero-order valence-electron chi connectivity index (χ0n) is 17.2. The molecule has 2 saturated carbocycles. The van der Waals surface area contributed by atoms with E-state index in [1.807, 2.05) is 18.2 Å².